The first-order valence-electron chi connectivity index (χ1n) is 7.75. The fourth-order valence-electron chi connectivity index (χ4n) is 2.15. The van der Waals surface area contributed by atoms with E-state index < -0.39 is 0 Å². The predicted molar refractivity (Wildman–Crippen MR) is 98.8 cm³/mol. The average Bonchev–Trinajstić information content (AvgIpc) is 3.11. The summed E-state index contributed by atoms with van der Waals surface area (Å²) in [7, 11) is 1.60. The quantitative estimate of drug-likeness (QED) is 0.661. The van der Waals surface area contributed by atoms with Gasteiger partial charge in [0.25, 0.3) is 0 Å². The highest BCUT2D eigenvalue weighted by molar-refractivity contribution is 8.00. The van der Waals surface area contributed by atoms with Gasteiger partial charge >= 0.3 is 0 Å². The number of thioether (sulfide) groups is 1. The van der Waals surface area contributed by atoms with Crippen molar-refractivity contribution in [1.82, 2.24) is 15.2 Å². The molecule has 0 radical (unpaired) electrons. The number of anilines is 1. The molecule has 1 atom stereocenters. The van der Waals surface area contributed by atoms with Crippen LogP contribution in [0, 0.1) is 0 Å². The van der Waals surface area contributed by atoms with E-state index in [0.717, 1.165) is 17.0 Å². The third kappa shape index (κ3) is 4.39. The zero-order chi connectivity index (χ0) is 17.6. The van der Waals surface area contributed by atoms with Crippen molar-refractivity contribution in [3.63, 3.8) is 0 Å². The van der Waals surface area contributed by atoms with Crippen LogP contribution in [-0.4, -0.2) is 33.4 Å². The largest absolute Gasteiger partial charge is 0.497 e. The molecule has 0 bridgehead atoms. The second kappa shape index (κ2) is 7.85. The van der Waals surface area contributed by atoms with Gasteiger partial charge < -0.3 is 10.1 Å². The number of hydrogen-bond acceptors (Lipinski definition) is 5. The van der Waals surface area contributed by atoms with E-state index in [0.29, 0.717) is 11.0 Å². The van der Waals surface area contributed by atoms with E-state index in [4.69, 9.17) is 4.74 Å². The number of rotatable bonds is 6. The fraction of sp³-hybridized carbons (Fsp3) is 0.167. The van der Waals surface area contributed by atoms with E-state index in [1.54, 1.807) is 31.4 Å². The molecule has 0 spiro atoms. The summed E-state index contributed by atoms with van der Waals surface area (Å²) >= 11 is 1.30. The van der Waals surface area contributed by atoms with Gasteiger partial charge in [-0.2, -0.15) is 0 Å². The standard InChI is InChI=1S/C18H18N4O2S/c1-12(17(23)19-14-8-10-15(24-2)11-9-14)25-18-20-16(21-22-18)13-6-4-3-5-7-13/h3-12H,1-2H3,(H,19,23)(H,20,21,22)/t12-/m0/s1. The van der Waals surface area contributed by atoms with Gasteiger partial charge in [0.15, 0.2) is 5.82 Å². The summed E-state index contributed by atoms with van der Waals surface area (Å²) in [5.74, 6) is 1.32. The number of hydrogen-bond donors (Lipinski definition) is 2. The molecule has 0 aliphatic heterocycles. The van der Waals surface area contributed by atoms with Crippen LogP contribution in [-0.2, 0) is 4.79 Å². The van der Waals surface area contributed by atoms with Gasteiger partial charge in [-0.1, -0.05) is 42.1 Å². The van der Waals surface area contributed by atoms with Crippen molar-refractivity contribution in [2.45, 2.75) is 17.3 Å². The van der Waals surface area contributed by atoms with Gasteiger partial charge in [0.05, 0.1) is 12.4 Å². The Morgan fingerprint density at radius 2 is 1.88 bits per heavy atom. The summed E-state index contributed by atoms with van der Waals surface area (Å²) in [5, 5.41) is 10.2. The number of nitrogens with one attached hydrogen (secondary N) is 2. The van der Waals surface area contributed by atoms with Gasteiger partial charge in [0.2, 0.25) is 11.1 Å². The lowest BCUT2D eigenvalue weighted by molar-refractivity contribution is -0.115. The Kier molecular flexibility index (Phi) is 5.35. The minimum Gasteiger partial charge on any atom is -0.497 e. The molecule has 1 aromatic heterocycles. The molecule has 128 valence electrons. The Morgan fingerprint density at radius 3 is 2.56 bits per heavy atom. The fourth-order valence-corrected chi connectivity index (χ4v) is 2.88. The van der Waals surface area contributed by atoms with Crippen molar-refractivity contribution in [3.8, 4) is 17.1 Å². The number of aromatic amines is 1. The molecular weight excluding hydrogens is 336 g/mol. The molecule has 0 fully saturated rings. The third-order valence-electron chi connectivity index (χ3n) is 3.52. The molecular formula is C18H18N4O2S. The zero-order valence-electron chi connectivity index (χ0n) is 13.9. The monoisotopic (exact) mass is 354 g/mol. The third-order valence-corrected chi connectivity index (χ3v) is 4.48. The topological polar surface area (TPSA) is 79.9 Å². The Morgan fingerprint density at radius 1 is 1.16 bits per heavy atom. The van der Waals surface area contributed by atoms with Gasteiger partial charge in [-0.05, 0) is 31.2 Å². The number of ether oxygens (including phenoxy) is 1. The van der Waals surface area contributed by atoms with Crippen LogP contribution in [0.4, 0.5) is 5.69 Å². The van der Waals surface area contributed by atoms with E-state index in [1.807, 2.05) is 37.3 Å². The highest BCUT2D eigenvalue weighted by Gasteiger charge is 2.17. The number of carbonyl (C=O) groups is 1. The normalized spacial score (nSPS) is 11.8. The van der Waals surface area contributed by atoms with E-state index in [1.165, 1.54) is 11.8 Å². The number of methoxy groups -OCH3 is 1. The smallest absolute Gasteiger partial charge is 0.237 e. The van der Waals surface area contributed by atoms with Gasteiger partial charge in [-0.3, -0.25) is 9.89 Å². The van der Waals surface area contributed by atoms with E-state index in [9.17, 15) is 4.79 Å². The van der Waals surface area contributed by atoms with Crippen molar-refractivity contribution in [1.29, 1.82) is 0 Å². The maximum atomic E-state index is 12.3. The van der Waals surface area contributed by atoms with Crippen LogP contribution in [0.3, 0.4) is 0 Å². The van der Waals surface area contributed by atoms with Crippen molar-refractivity contribution in [2.75, 3.05) is 12.4 Å². The summed E-state index contributed by atoms with van der Waals surface area (Å²) in [6.45, 7) is 1.82. The number of carbonyl (C=O) groups excluding carboxylic acids is 1. The summed E-state index contributed by atoms with van der Waals surface area (Å²) in [6.07, 6.45) is 0. The maximum absolute atomic E-state index is 12.3. The van der Waals surface area contributed by atoms with Crippen LogP contribution in [0.2, 0.25) is 0 Å². The van der Waals surface area contributed by atoms with Crippen LogP contribution in [0.1, 0.15) is 6.92 Å². The molecule has 7 heteroatoms. The number of nitrogens with zero attached hydrogens (tertiary/aromatic N) is 2. The van der Waals surface area contributed by atoms with Crippen molar-refractivity contribution >= 4 is 23.4 Å². The molecule has 0 aliphatic rings. The van der Waals surface area contributed by atoms with Crippen LogP contribution in [0.5, 0.6) is 5.75 Å². The first kappa shape index (κ1) is 17.0. The van der Waals surface area contributed by atoms with Gasteiger partial charge in [0, 0.05) is 11.3 Å². The molecule has 0 saturated heterocycles. The molecule has 1 heterocycles. The van der Waals surface area contributed by atoms with E-state index in [-0.39, 0.29) is 11.2 Å². The molecule has 3 rings (SSSR count). The maximum Gasteiger partial charge on any atom is 0.237 e. The minimum atomic E-state index is -0.332. The summed E-state index contributed by atoms with van der Waals surface area (Å²) in [6, 6.07) is 16.9. The average molecular weight is 354 g/mol. The van der Waals surface area contributed by atoms with Gasteiger partial charge in [0.1, 0.15) is 5.75 Å². The van der Waals surface area contributed by atoms with Crippen LogP contribution >= 0.6 is 11.8 Å². The van der Waals surface area contributed by atoms with Crippen molar-refractivity contribution in [2.24, 2.45) is 0 Å². The number of benzene rings is 2. The zero-order valence-corrected chi connectivity index (χ0v) is 14.7. The molecule has 2 aromatic carbocycles. The molecule has 0 unspecified atom stereocenters. The molecule has 25 heavy (non-hydrogen) atoms. The SMILES string of the molecule is COc1ccc(NC(=O)[C@H](C)Sc2n[nH]c(-c3ccccc3)n2)cc1. The van der Waals surface area contributed by atoms with Crippen LogP contribution in [0.25, 0.3) is 11.4 Å². The highest BCUT2D eigenvalue weighted by Crippen LogP contribution is 2.24. The Labute approximate surface area is 150 Å². The van der Waals surface area contributed by atoms with Crippen LogP contribution < -0.4 is 10.1 Å². The Balaban J connectivity index is 1.60. The lowest BCUT2D eigenvalue weighted by atomic mass is 10.2. The second-order valence-corrected chi connectivity index (χ2v) is 6.62. The van der Waals surface area contributed by atoms with Crippen LogP contribution in [0.15, 0.2) is 59.8 Å². The molecule has 1 amide bonds. The molecule has 0 saturated carbocycles. The first-order chi connectivity index (χ1) is 12.2. The predicted octanol–water partition coefficient (Wildman–Crippen LogP) is 3.60. The van der Waals surface area contributed by atoms with E-state index in [2.05, 4.69) is 20.5 Å². The molecule has 0 aliphatic carbocycles. The Bertz CT molecular complexity index is 834. The minimum absolute atomic E-state index is 0.110. The first-order valence-corrected chi connectivity index (χ1v) is 8.63. The van der Waals surface area contributed by atoms with E-state index >= 15 is 0 Å². The lowest BCUT2D eigenvalue weighted by Gasteiger charge is -2.10. The second-order valence-electron chi connectivity index (χ2n) is 5.31. The summed E-state index contributed by atoms with van der Waals surface area (Å²) in [4.78, 5) is 16.8. The number of aromatic nitrogens is 3. The summed E-state index contributed by atoms with van der Waals surface area (Å²) in [5.41, 5.74) is 1.68. The van der Waals surface area contributed by atoms with Crippen molar-refractivity contribution < 1.29 is 9.53 Å². The number of amides is 1. The molecule has 2 N–H and O–H groups in total. The summed E-state index contributed by atoms with van der Waals surface area (Å²) < 4.78 is 5.10. The highest BCUT2D eigenvalue weighted by atomic mass is 32.2. The molecule has 6 nitrogen and oxygen atoms in total. The molecule has 3 aromatic rings. The van der Waals surface area contributed by atoms with Gasteiger partial charge in [-0.15, -0.1) is 5.10 Å². The van der Waals surface area contributed by atoms with Crippen molar-refractivity contribution in [3.05, 3.63) is 54.6 Å². The Hall–Kier alpha value is -2.80. The lowest BCUT2D eigenvalue weighted by Crippen LogP contribution is -2.22. The van der Waals surface area contributed by atoms with Gasteiger partial charge in [-0.25, -0.2) is 4.98 Å². The number of H-pyrrole nitrogens is 1.